The lowest BCUT2D eigenvalue weighted by molar-refractivity contribution is -0.218. The van der Waals surface area contributed by atoms with Gasteiger partial charge in [-0.25, -0.2) is 18.2 Å². The fraction of sp³-hybridized carbons (Fsp3) is 0.344. The lowest BCUT2D eigenvalue weighted by Crippen LogP contribution is -2.52. The van der Waals surface area contributed by atoms with E-state index in [0.717, 1.165) is 22.5 Å². The molecule has 0 aliphatic carbocycles. The topological polar surface area (TPSA) is 119 Å². The molecule has 2 fully saturated rings. The van der Waals surface area contributed by atoms with Crippen LogP contribution in [0.4, 0.5) is 13.2 Å². The molecular formula is C32H29F3N6O5. The van der Waals surface area contributed by atoms with Crippen LogP contribution in [0.1, 0.15) is 64.2 Å². The number of carbonyl (C=O) groups excluding carboxylic acids is 3. The number of carbonyl (C=O) groups is 3. The molecule has 5 heterocycles. The average molecular weight is 635 g/mol. The Morgan fingerprint density at radius 1 is 1.11 bits per heavy atom. The summed E-state index contributed by atoms with van der Waals surface area (Å²) in [6.45, 7) is 1.60. The van der Waals surface area contributed by atoms with Crippen molar-refractivity contribution in [2.45, 2.75) is 57.0 Å². The minimum Gasteiger partial charge on any atom is -0.348 e. The lowest BCUT2D eigenvalue weighted by Gasteiger charge is -2.42. The number of fused-ring (bicyclic) bond motifs is 6. The SMILES string of the molecule is CC1CCC2(CC(=O)N(Cc3ccc4c(cnn4C)c3)O2)C2CN1C(=O)c1cc(=O)c(C(=O)NCc3c(F)cc(F)cc3F)cn12. The van der Waals surface area contributed by atoms with Crippen molar-refractivity contribution < 1.29 is 32.4 Å². The Morgan fingerprint density at radius 3 is 2.63 bits per heavy atom. The van der Waals surface area contributed by atoms with Gasteiger partial charge in [-0.15, -0.1) is 0 Å². The van der Waals surface area contributed by atoms with Crippen LogP contribution in [0.3, 0.4) is 0 Å². The zero-order valence-electron chi connectivity index (χ0n) is 24.9. The summed E-state index contributed by atoms with van der Waals surface area (Å²) in [5.74, 6) is -5.06. The summed E-state index contributed by atoms with van der Waals surface area (Å²) in [4.78, 5) is 61.5. The molecule has 1 N–H and O–H groups in total. The molecule has 3 amide bonds. The van der Waals surface area contributed by atoms with Gasteiger partial charge in [0.05, 0.1) is 30.7 Å². The third kappa shape index (κ3) is 4.83. The van der Waals surface area contributed by atoms with E-state index in [1.807, 2.05) is 32.2 Å². The summed E-state index contributed by atoms with van der Waals surface area (Å²) < 4.78 is 45.0. The van der Waals surface area contributed by atoms with Crippen molar-refractivity contribution in [3.63, 3.8) is 0 Å². The lowest BCUT2D eigenvalue weighted by atomic mass is 9.85. The standard InChI is InChI=1S/C32H29F3N6O5/c1-17-5-6-32(11-29(43)41(46-32)14-18-3-4-25-19(7-18)12-37-38(25)2)28-16-39(17)31(45)26-10-27(42)22(15-40(26)28)30(44)36-13-21-23(34)8-20(33)9-24(21)35/h3-4,7-10,12,15,17,28H,5-6,11,13-14,16H2,1-2H3,(H,36,44). The highest BCUT2D eigenvalue weighted by molar-refractivity contribution is 5.97. The first kappa shape index (κ1) is 29.7. The Bertz CT molecular complexity index is 1990. The zero-order valence-corrected chi connectivity index (χ0v) is 24.9. The predicted molar refractivity (Wildman–Crippen MR) is 157 cm³/mol. The molecular weight excluding hydrogens is 605 g/mol. The van der Waals surface area contributed by atoms with Gasteiger partial charge in [0.15, 0.2) is 5.43 Å². The van der Waals surface area contributed by atoms with Crippen molar-refractivity contribution in [3.05, 3.63) is 98.9 Å². The monoisotopic (exact) mass is 634 g/mol. The predicted octanol–water partition coefficient (Wildman–Crippen LogP) is 3.36. The van der Waals surface area contributed by atoms with E-state index in [1.165, 1.54) is 15.8 Å². The number of amides is 3. The molecule has 2 aromatic heterocycles. The van der Waals surface area contributed by atoms with Gasteiger partial charge in [0, 0.05) is 61.5 Å². The van der Waals surface area contributed by atoms with E-state index in [-0.39, 0.29) is 42.7 Å². The molecule has 14 heteroatoms. The summed E-state index contributed by atoms with van der Waals surface area (Å²) in [6, 6.07) is 6.96. The second-order valence-corrected chi connectivity index (χ2v) is 12.2. The maximum Gasteiger partial charge on any atom is 0.270 e. The second-order valence-electron chi connectivity index (χ2n) is 12.2. The number of nitrogens with zero attached hydrogens (tertiary/aromatic N) is 5. The van der Waals surface area contributed by atoms with Gasteiger partial charge < -0.3 is 14.8 Å². The fourth-order valence-electron chi connectivity index (χ4n) is 6.79. The molecule has 7 rings (SSSR count). The highest BCUT2D eigenvalue weighted by Gasteiger charge is 2.56. The molecule has 4 aromatic rings. The summed E-state index contributed by atoms with van der Waals surface area (Å²) in [6.07, 6.45) is 3.95. The first-order chi connectivity index (χ1) is 21.9. The van der Waals surface area contributed by atoms with Crippen molar-refractivity contribution in [3.8, 4) is 0 Å². The first-order valence-electron chi connectivity index (χ1n) is 14.8. The van der Waals surface area contributed by atoms with Gasteiger partial charge in [-0.05, 0) is 37.5 Å². The van der Waals surface area contributed by atoms with Crippen molar-refractivity contribution >= 4 is 28.6 Å². The van der Waals surface area contributed by atoms with Crippen LogP contribution < -0.4 is 10.7 Å². The number of nitrogens with one attached hydrogen (secondary N) is 1. The first-order valence-corrected chi connectivity index (χ1v) is 14.8. The van der Waals surface area contributed by atoms with Gasteiger partial charge in [0.25, 0.3) is 11.8 Å². The van der Waals surface area contributed by atoms with Crippen molar-refractivity contribution in [2.24, 2.45) is 7.05 Å². The zero-order chi connectivity index (χ0) is 32.5. The Kier molecular flexibility index (Phi) is 6.99. The number of hydroxylamine groups is 2. The van der Waals surface area contributed by atoms with Gasteiger partial charge in [0.1, 0.15) is 34.3 Å². The fourth-order valence-corrected chi connectivity index (χ4v) is 6.79. The second kappa shape index (κ2) is 10.8. The summed E-state index contributed by atoms with van der Waals surface area (Å²) in [5, 5.41) is 8.83. The van der Waals surface area contributed by atoms with Gasteiger partial charge in [0.2, 0.25) is 5.91 Å². The van der Waals surface area contributed by atoms with Gasteiger partial charge >= 0.3 is 0 Å². The van der Waals surface area contributed by atoms with E-state index in [0.29, 0.717) is 25.0 Å². The highest BCUT2D eigenvalue weighted by Crippen LogP contribution is 2.46. The molecule has 2 aromatic carbocycles. The van der Waals surface area contributed by atoms with Crippen LogP contribution in [0.15, 0.2) is 53.6 Å². The molecule has 3 aliphatic heterocycles. The van der Waals surface area contributed by atoms with Crippen molar-refractivity contribution in [1.82, 2.24) is 29.6 Å². The Morgan fingerprint density at radius 2 is 1.87 bits per heavy atom. The Labute approximate surface area is 260 Å². The third-order valence-corrected chi connectivity index (χ3v) is 9.32. The molecule has 11 nitrogen and oxygen atoms in total. The van der Waals surface area contributed by atoms with Crippen molar-refractivity contribution in [2.75, 3.05) is 6.54 Å². The van der Waals surface area contributed by atoms with Crippen LogP contribution in [-0.2, 0) is 29.8 Å². The van der Waals surface area contributed by atoms with E-state index < -0.39 is 58.4 Å². The average Bonchev–Trinajstić information content (AvgIpc) is 3.50. The van der Waals surface area contributed by atoms with Crippen molar-refractivity contribution in [1.29, 1.82) is 0 Å². The van der Waals surface area contributed by atoms with Gasteiger partial charge in [-0.1, -0.05) is 6.07 Å². The quantitative estimate of drug-likeness (QED) is 0.360. The van der Waals surface area contributed by atoms with Crippen LogP contribution in [0.25, 0.3) is 10.9 Å². The third-order valence-electron chi connectivity index (χ3n) is 9.32. The minimum absolute atomic E-state index is 0.0117. The maximum absolute atomic E-state index is 14.2. The number of hydrogen-bond acceptors (Lipinski definition) is 6. The van der Waals surface area contributed by atoms with Crippen LogP contribution in [0.2, 0.25) is 0 Å². The number of aryl methyl sites for hydroxylation is 1. The molecule has 1 spiro atoms. The molecule has 3 unspecified atom stereocenters. The molecule has 3 atom stereocenters. The summed E-state index contributed by atoms with van der Waals surface area (Å²) >= 11 is 0. The normalized spacial score (nSPS) is 22.5. The van der Waals surface area contributed by atoms with Crippen LogP contribution >= 0.6 is 0 Å². The summed E-state index contributed by atoms with van der Waals surface area (Å²) in [5.41, 5.74) is -0.977. The Balaban J connectivity index is 1.21. The number of halogens is 3. The molecule has 2 saturated heterocycles. The molecule has 238 valence electrons. The molecule has 3 aliphatic rings. The van der Waals surface area contributed by atoms with Crippen LogP contribution in [-0.4, -0.2) is 60.2 Å². The van der Waals surface area contributed by atoms with Crippen LogP contribution in [0, 0.1) is 17.5 Å². The summed E-state index contributed by atoms with van der Waals surface area (Å²) in [7, 11) is 1.84. The van der Waals surface area contributed by atoms with E-state index in [4.69, 9.17) is 4.84 Å². The van der Waals surface area contributed by atoms with E-state index in [1.54, 1.807) is 15.8 Å². The molecule has 0 radical (unpaired) electrons. The van der Waals surface area contributed by atoms with Gasteiger partial charge in [-0.3, -0.25) is 28.7 Å². The molecule has 2 bridgehead atoms. The maximum atomic E-state index is 14.2. The smallest absolute Gasteiger partial charge is 0.270 e. The van der Waals surface area contributed by atoms with E-state index in [9.17, 15) is 32.3 Å². The Hall–Kier alpha value is -4.98. The molecule has 46 heavy (non-hydrogen) atoms. The largest absolute Gasteiger partial charge is 0.348 e. The van der Waals surface area contributed by atoms with E-state index >= 15 is 0 Å². The number of pyridine rings is 1. The highest BCUT2D eigenvalue weighted by atomic mass is 19.1. The number of rotatable bonds is 5. The number of aromatic nitrogens is 3. The van der Waals surface area contributed by atoms with E-state index in [2.05, 4.69) is 10.4 Å². The molecule has 0 saturated carbocycles. The minimum atomic E-state index is -1.19. The number of hydrogen-bond donors (Lipinski definition) is 1. The van der Waals surface area contributed by atoms with Gasteiger partial charge in [-0.2, -0.15) is 5.10 Å². The number of benzene rings is 2. The van der Waals surface area contributed by atoms with Crippen LogP contribution in [0.5, 0.6) is 0 Å².